The second kappa shape index (κ2) is 41.2. The Balaban J connectivity index is 4.68. The largest absolute Gasteiger partial charge is 0.472 e. The Hall–Kier alpha value is -2.00. The molecule has 6 atom stereocenters. The van der Waals surface area contributed by atoms with Gasteiger partial charge in [-0.05, 0) is 57.3 Å². The Kier molecular flexibility index (Phi) is 39.9. The number of hydrogen-bond donors (Lipinski definition) is 6. The summed E-state index contributed by atoms with van der Waals surface area (Å²) in [5, 5.41) is 30.5. The normalized spacial score (nSPS) is 15.8. The van der Waals surface area contributed by atoms with E-state index in [-0.39, 0.29) is 32.1 Å². The first-order chi connectivity index (χ1) is 30.6. The van der Waals surface area contributed by atoms with Crippen molar-refractivity contribution in [2.24, 2.45) is 5.92 Å². The molecule has 0 aliphatic rings. The summed E-state index contributed by atoms with van der Waals surface area (Å²) in [6.45, 7) is 3.69. The zero-order valence-electron chi connectivity index (χ0n) is 39.3. The van der Waals surface area contributed by atoms with Crippen molar-refractivity contribution in [3.05, 3.63) is 48.6 Å². The number of hydrogen-bond acceptors (Lipinski definition) is 12. The second-order valence-electron chi connectivity index (χ2n) is 16.6. The lowest BCUT2D eigenvalue weighted by atomic mass is 9.99. The zero-order chi connectivity index (χ0) is 47.7. The number of aliphatic hydroxyl groups is 3. The van der Waals surface area contributed by atoms with Crippen molar-refractivity contribution in [1.29, 1.82) is 0 Å². The van der Waals surface area contributed by atoms with Crippen LogP contribution >= 0.6 is 15.6 Å². The van der Waals surface area contributed by atoms with E-state index in [1.807, 2.05) is 12.2 Å². The van der Waals surface area contributed by atoms with Crippen LogP contribution in [0.5, 0.6) is 0 Å². The smallest absolute Gasteiger partial charge is 0.462 e. The minimum atomic E-state index is -4.90. The fraction of sp³-hybridized carbons (Fsp3) is 0.787. The highest BCUT2D eigenvalue weighted by Gasteiger charge is 2.28. The molecule has 64 heavy (non-hydrogen) atoms. The number of phosphoric acid groups is 2. The summed E-state index contributed by atoms with van der Waals surface area (Å²) in [7, 11) is -9.79. The van der Waals surface area contributed by atoms with E-state index in [1.54, 1.807) is 6.08 Å². The molecule has 6 N–H and O–H groups in total. The van der Waals surface area contributed by atoms with Crippen molar-refractivity contribution < 1.29 is 71.8 Å². The maximum atomic E-state index is 12.7. The van der Waals surface area contributed by atoms with Gasteiger partial charge in [-0.2, -0.15) is 0 Å². The van der Waals surface area contributed by atoms with E-state index in [4.69, 9.17) is 23.8 Å². The summed E-state index contributed by atoms with van der Waals surface area (Å²) in [6.07, 6.45) is 34.1. The molecule has 0 aromatic rings. The molecule has 374 valence electrons. The SMILES string of the molecule is CC/C=C\C/C=C\C/C=C\C/C=C\C[C@@H](O)[C@H](O)CCCC(=O)O[C@H](COC(=O)CCCCCCCCCCCCCCCCC(C)CC)COP(=O)(O)OC[C@@H](O)COP(=O)(O)O. The quantitative estimate of drug-likeness (QED) is 0.0144. The van der Waals surface area contributed by atoms with Crippen LogP contribution in [0.2, 0.25) is 0 Å². The predicted octanol–water partition coefficient (Wildman–Crippen LogP) is 10.4. The molecule has 2 unspecified atom stereocenters. The standard InChI is InChI=1S/C47H86O15P2/c1-4-6-7-8-9-10-11-17-20-23-26-29-33-44(49)45(50)34-31-36-47(52)62-43(40-61-64(56,57)60-38-42(48)37-59-63(53,54)55)39-58-46(51)35-30-27-24-21-18-15-13-12-14-16-19-22-25-28-32-41(3)5-2/h6-7,9-10,17,20,26,29,41-45,48-50H,4-5,8,11-16,18-19,21-25,27-28,30-40H2,1-3H3,(H,56,57)(H2,53,54,55)/b7-6-,10-9-,20-17-,29-26-/t41?,42-,43+,44+,45+/m0/s1. The first kappa shape index (κ1) is 62.0. The summed E-state index contributed by atoms with van der Waals surface area (Å²) in [4.78, 5) is 52.9. The van der Waals surface area contributed by atoms with Crippen molar-refractivity contribution in [3.8, 4) is 0 Å². The number of phosphoric ester groups is 2. The van der Waals surface area contributed by atoms with Gasteiger partial charge >= 0.3 is 27.6 Å². The van der Waals surface area contributed by atoms with Crippen LogP contribution in [0.25, 0.3) is 0 Å². The summed E-state index contributed by atoms with van der Waals surface area (Å²) in [6, 6.07) is 0. The molecular formula is C47H86O15P2. The first-order valence-corrected chi connectivity index (χ1v) is 26.9. The van der Waals surface area contributed by atoms with Gasteiger partial charge in [-0.3, -0.25) is 23.2 Å². The van der Waals surface area contributed by atoms with E-state index >= 15 is 0 Å². The Labute approximate surface area is 385 Å². The van der Waals surface area contributed by atoms with Crippen LogP contribution in [-0.4, -0.2) is 92.8 Å². The zero-order valence-corrected chi connectivity index (χ0v) is 41.1. The molecule has 0 spiro atoms. The highest BCUT2D eigenvalue weighted by molar-refractivity contribution is 7.47. The van der Waals surface area contributed by atoms with Crippen molar-refractivity contribution in [3.63, 3.8) is 0 Å². The topological polar surface area (TPSA) is 236 Å². The van der Waals surface area contributed by atoms with Crippen molar-refractivity contribution >= 4 is 27.6 Å². The van der Waals surface area contributed by atoms with Crippen molar-refractivity contribution in [2.45, 2.75) is 206 Å². The van der Waals surface area contributed by atoms with Gasteiger partial charge < -0.3 is 39.5 Å². The Morgan fingerprint density at radius 2 is 1.00 bits per heavy atom. The summed E-state index contributed by atoms with van der Waals surface area (Å²) in [5.74, 6) is -0.465. The van der Waals surface area contributed by atoms with E-state index in [2.05, 4.69) is 60.2 Å². The molecule has 0 rings (SSSR count). The molecule has 0 aliphatic carbocycles. The number of carbonyl (C=O) groups is 2. The van der Waals surface area contributed by atoms with Crippen LogP contribution < -0.4 is 0 Å². The summed E-state index contributed by atoms with van der Waals surface area (Å²) >= 11 is 0. The average molecular weight is 953 g/mol. The summed E-state index contributed by atoms with van der Waals surface area (Å²) < 4.78 is 47.7. The molecule has 0 amide bonds. The number of ether oxygens (including phenoxy) is 2. The molecule has 15 nitrogen and oxygen atoms in total. The number of unbranched alkanes of at least 4 members (excludes halogenated alkanes) is 13. The number of carbonyl (C=O) groups excluding carboxylic acids is 2. The minimum absolute atomic E-state index is 0.0899. The van der Waals surface area contributed by atoms with Gasteiger partial charge in [-0.15, -0.1) is 0 Å². The number of aliphatic hydroxyl groups excluding tert-OH is 3. The van der Waals surface area contributed by atoms with Gasteiger partial charge in [-0.25, -0.2) is 9.13 Å². The molecule has 0 saturated heterocycles. The number of rotatable bonds is 44. The van der Waals surface area contributed by atoms with Crippen LogP contribution in [0.3, 0.4) is 0 Å². The molecular weight excluding hydrogens is 866 g/mol. The van der Waals surface area contributed by atoms with Crippen molar-refractivity contribution in [1.82, 2.24) is 0 Å². The van der Waals surface area contributed by atoms with Crippen LogP contribution in [0.15, 0.2) is 48.6 Å². The average Bonchev–Trinajstić information content (AvgIpc) is 3.25. The van der Waals surface area contributed by atoms with Gasteiger partial charge in [0.1, 0.15) is 12.7 Å². The molecule has 17 heteroatoms. The molecule has 0 aromatic carbocycles. The maximum Gasteiger partial charge on any atom is 0.472 e. The lowest BCUT2D eigenvalue weighted by Gasteiger charge is -2.21. The molecule has 0 heterocycles. The lowest BCUT2D eigenvalue weighted by molar-refractivity contribution is -0.161. The Morgan fingerprint density at radius 1 is 0.531 bits per heavy atom. The molecule has 0 saturated carbocycles. The van der Waals surface area contributed by atoms with Gasteiger partial charge in [0.05, 0.1) is 32.0 Å². The Morgan fingerprint density at radius 3 is 1.53 bits per heavy atom. The van der Waals surface area contributed by atoms with Crippen LogP contribution in [0.1, 0.15) is 181 Å². The predicted molar refractivity (Wildman–Crippen MR) is 251 cm³/mol. The minimum Gasteiger partial charge on any atom is -0.462 e. The monoisotopic (exact) mass is 953 g/mol. The third-order valence-corrected chi connectivity index (χ3v) is 11.9. The molecule has 0 bridgehead atoms. The first-order valence-electron chi connectivity index (χ1n) is 23.9. The maximum absolute atomic E-state index is 12.7. The Bertz CT molecular complexity index is 1370. The third-order valence-electron chi connectivity index (χ3n) is 10.5. The van der Waals surface area contributed by atoms with Crippen molar-refractivity contribution in [2.75, 3.05) is 26.4 Å². The number of allylic oxidation sites excluding steroid dienone is 7. The van der Waals surface area contributed by atoms with E-state index in [0.717, 1.165) is 50.9 Å². The van der Waals surface area contributed by atoms with Gasteiger partial charge in [0.2, 0.25) is 0 Å². The fourth-order valence-electron chi connectivity index (χ4n) is 6.35. The molecule has 0 aromatic heterocycles. The van der Waals surface area contributed by atoms with Crippen LogP contribution in [0.4, 0.5) is 0 Å². The van der Waals surface area contributed by atoms with E-state index in [9.17, 15) is 38.9 Å². The van der Waals surface area contributed by atoms with Gasteiger partial charge in [0.25, 0.3) is 0 Å². The van der Waals surface area contributed by atoms with Gasteiger partial charge in [0.15, 0.2) is 6.10 Å². The van der Waals surface area contributed by atoms with E-state index < -0.39 is 78.4 Å². The fourth-order valence-corrected chi connectivity index (χ4v) is 7.51. The molecule has 0 radical (unpaired) electrons. The van der Waals surface area contributed by atoms with Gasteiger partial charge in [0, 0.05) is 12.8 Å². The van der Waals surface area contributed by atoms with Crippen LogP contribution in [-0.2, 0) is 41.8 Å². The number of esters is 2. The summed E-state index contributed by atoms with van der Waals surface area (Å²) in [5.41, 5.74) is 0. The van der Waals surface area contributed by atoms with E-state index in [0.29, 0.717) is 12.8 Å². The van der Waals surface area contributed by atoms with Gasteiger partial charge in [-0.1, -0.05) is 166 Å². The lowest BCUT2D eigenvalue weighted by Crippen LogP contribution is -2.30. The second-order valence-corrected chi connectivity index (χ2v) is 19.3. The van der Waals surface area contributed by atoms with Crippen LogP contribution in [0, 0.1) is 5.92 Å². The highest BCUT2D eigenvalue weighted by atomic mass is 31.2. The third kappa shape index (κ3) is 42.6. The van der Waals surface area contributed by atoms with E-state index in [1.165, 1.54) is 70.6 Å². The molecule has 0 fully saturated rings. The molecule has 0 aliphatic heterocycles. The highest BCUT2D eigenvalue weighted by Crippen LogP contribution is 2.44.